The molecular weight excluding hydrogens is 403 g/mol. The van der Waals surface area contributed by atoms with E-state index in [2.05, 4.69) is 27.2 Å². The maximum absolute atomic E-state index is 14.5. The van der Waals surface area contributed by atoms with Crippen LogP contribution in [0, 0.1) is 22.9 Å². The van der Waals surface area contributed by atoms with Crippen LogP contribution >= 0.6 is 15.9 Å². The highest BCUT2D eigenvalue weighted by Gasteiger charge is 2.24. The van der Waals surface area contributed by atoms with Crippen molar-refractivity contribution < 1.29 is 13.6 Å². The fourth-order valence-corrected chi connectivity index (χ4v) is 3.18. The fraction of sp³-hybridized carbons (Fsp3) is 0.222. The number of rotatable bonds is 3. The molecule has 4 nitrogen and oxygen atoms in total. The molecule has 1 fully saturated rings. The Morgan fingerprint density at radius 1 is 1.15 bits per heavy atom. The summed E-state index contributed by atoms with van der Waals surface area (Å²) in [6.45, 7) is 1.24. The molecule has 0 bridgehead atoms. The molecule has 26 heavy (non-hydrogen) atoms. The Bertz CT molecular complexity index is 879. The normalized spacial score (nSPS) is 14.1. The molecule has 0 unspecified atom stereocenters. The summed E-state index contributed by atoms with van der Waals surface area (Å²) in [5, 5.41) is 11.5. The second-order valence-corrected chi connectivity index (χ2v) is 6.99. The van der Waals surface area contributed by atoms with Crippen LogP contribution in [-0.4, -0.2) is 25.7 Å². The number of hydrogen-bond donors (Lipinski definition) is 1. The Labute approximate surface area is 159 Å². The number of anilines is 2. The summed E-state index contributed by atoms with van der Waals surface area (Å²) in [7, 11) is 0. The summed E-state index contributed by atoms with van der Waals surface area (Å²) in [6.07, 6.45) is 1.40. The minimum atomic E-state index is -0.514. The summed E-state index contributed by atoms with van der Waals surface area (Å²) in [4.78, 5) is 14.2. The highest BCUT2D eigenvalue weighted by Crippen LogP contribution is 2.25. The summed E-state index contributed by atoms with van der Waals surface area (Å²) in [6, 6.07) is 8.51. The van der Waals surface area contributed by atoms with E-state index >= 15 is 0 Å². The summed E-state index contributed by atoms with van der Waals surface area (Å²) < 4.78 is 28.3. The van der Waals surface area contributed by atoms with Crippen molar-refractivity contribution in [1.82, 2.24) is 0 Å². The lowest BCUT2D eigenvalue weighted by atomic mass is 9.45. The first-order valence-electron chi connectivity index (χ1n) is 8.18. The summed E-state index contributed by atoms with van der Waals surface area (Å²) in [5.74, 6) is 0.743. The van der Waals surface area contributed by atoms with Crippen molar-refractivity contribution in [2.24, 2.45) is 0 Å². The van der Waals surface area contributed by atoms with Gasteiger partial charge in [-0.05, 0) is 65.0 Å². The van der Waals surface area contributed by atoms with Crippen molar-refractivity contribution in [2.45, 2.75) is 12.6 Å². The molecule has 2 aromatic rings. The molecule has 132 valence electrons. The van der Waals surface area contributed by atoms with Crippen LogP contribution in [0.5, 0.6) is 0 Å². The van der Waals surface area contributed by atoms with Gasteiger partial charge < -0.3 is 10.2 Å². The minimum absolute atomic E-state index is 0.0191. The highest BCUT2D eigenvalue weighted by atomic mass is 79.9. The minimum Gasteiger partial charge on any atom is -0.370 e. The standard InChI is InChI=1S/C18H15BBrF2N3O/c20-14-3-2-13(10-15(14)21)24-18(26)12-1-4-17(16(22)9-12)25-7-5-19(11-23)6-8-25/h1-4,9-10H,5-8H2,(H,24,26). The molecule has 0 atom stereocenters. The molecule has 8 heteroatoms. The molecule has 0 aromatic heterocycles. The van der Waals surface area contributed by atoms with Gasteiger partial charge >= 0.3 is 0 Å². The number of nitrogens with zero attached hydrogens (tertiary/aromatic N) is 2. The van der Waals surface area contributed by atoms with Gasteiger partial charge in [-0.15, -0.1) is 0 Å². The van der Waals surface area contributed by atoms with Crippen LogP contribution in [0.4, 0.5) is 20.2 Å². The van der Waals surface area contributed by atoms with Crippen LogP contribution in [0.25, 0.3) is 0 Å². The number of nitrogens with one attached hydrogen (secondary N) is 1. The van der Waals surface area contributed by atoms with Crippen LogP contribution in [0.3, 0.4) is 0 Å². The van der Waals surface area contributed by atoms with Crippen molar-refractivity contribution in [3.8, 4) is 5.97 Å². The lowest BCUT2D eigenvalue weighted by Gasteiger charge is -2.30. The van der Waals surface area contributed by atoms with Gasteiger partial charge in [0, 0.05) is 30.3 Å². The molecule has 1 amide bonds. The van der Waals surface area contributed by atoms with E-state index in [1.807, 2.05) is 4.90 Å². The summed E-state index contributed by atoms with van der Waals surface area (Å²) >= 11 is 3.04. The van der Waals surface area contributed by atoms with E-state index in [4.69, 9.17) is 5.26 Å². The van der Waals surface area contributed by atoms with Gasteiger partial charge in [-0.25, -0.2) is 14.0 Å². The third-order valence-electron chi connectivity index (χ3n) is 4.41. The molecule has 1 aliphatic rings. The van der Waals surface area contributed by atoms with E-state index in [1.54, 1.807) is 18.2 Å². The van der Waals surface area contributed by atoms with Crippen molar-refractivity contribution in [1.29, 1.82) is 5.26 Å². The van der Waals surface area contributed by atoms with E-state index in [0.29, 0.717) is 41.6 Å². The van der Waals surface area contributed by atoms with Crippen LogP contribution in [0.15, 0.2) is 40.9 Å². The van der Waals surface area contributed by atoms with E-state index in [-0.39, 0.29) is 12.3 Å². The molecule has 0 aliphatic carbocycles. The van der Waals surface area contributed by atoms with Gasteiger partial charge in [-0.2, -0.15) is 0 Å². The lowest BCUT2D eigenvalue weighted by molar-refractivity contribution is 0.102. The molecule has 1 heterocycles. The predicted molar refractivity (Wildman–Crippen MR) is 102 cm³/mol. The molecule has 0 radical (unpaired) electrons. The number of hydrogen-bond acceptors (Lipinski definition) is 3. The number of nitriles is 1. The second-order valence-electron chi connectivity index (χ2n) is 6.14. The van der Waals surface area contributed by atoms with E-state index in [1.165, 1.54) is 18.2 Å². The van der Waals surface area contributed by atoms with E-state index in [9.17, 15) is 13.6 Å². The van der Waals surface area contributed by atoms with Crippen LogP contribution in [0.1, 0.15) is 10.4 Å². The zero-order valence-electron chi connectivity index (χ0n) is 13.8. The molecule has 1 saturated heterocycles. The van der Waals surface area contributed by atoms with E-state index in [0.717, 1.165) is 0 Å². The maximum Gasteiger partial charge on any atom is 0.271 e. The van der Waals surface area contributed by atoms with Crippen molar-refractivity contribution in [3.63, 3.8) is 0 Å². The van der Waals surface area contributed by atoms with Crippen LogP contribution < -0.4 is 10.2 Å². The van der Waals surface area contributed by atoms with Crippen LogP contribution in [-0.2, 0) is 0 Å². The molecule has 0 saturated carbocycles. The maximum atomic E-state index is 14.5. The number of amides is 1. The average Bonchev–Trinajstić information content (AvgIpc) is 2.65. The van der Waals surface area contributed by atoms with Gasteiger partial charge in [0.05, 0.1) is 10.2 Å². The van der Waals surface area contributed by atoms with Gasteiger partial charge in [0.25, 0.3) is 12.6 Å². The van der Waals surface area contributed by atoms with Crippen molar-refractivity contribution >= 4 is 39.9 Å². The first kappa shape index (κ1) is 18.4. The van der Waals surface area contributed by atoms with Gasteiger partial charge in [0.15, 0.2) is 0 Å². The molecule has 0 spiro atoms. The Hall–Kier alpha value is -2.40. The summed E-state index contributed by atoms with van der Waals surface area (Å²) in [5.41, 5.74) is 0.868. The Morgan fingerprint density at radius 3 is 2.50 bits per heavy atom. The Balaban J connectivity index is 1.71. The average molecular weight is 418 g/mol. The third kappa shape index (κ3) is 4.05. The van der Waals surface area contributed by atoms with E-state index < -0.39 is 17.5 Å². The Morgan fingerprint density at radius 2 is 1.88 bits per heavy atom. The van der Waals surface area contributed by atoms with Crippen molar-refractivity contribution in [2.75, 3.05) is 23.3 Å². The molecule has 1 N–H and O–H groups in total. The van der Waals surface area contributed by atoms with Gasteiger partial charge in [0.2, 0.25) is 0 Å². The van der Waals surface area contributed by atoms with Gasteiger partial charge in [0.1, 0.15) is 11.6 Å². The first-order chi connectivity index (χ1) is 12.5. The molecular formula is C18H15BBrF2N3O. The largest absolute Gasteiger partial charge is 0.370 e. The smallest absolute Gasteiger partial charge is 0.271 e. The lowest BCUT2D eigenvalue weighted by Crippen LogP contribution is -2.37. The molecule has 3 rings (SSSR count). The third-order valence-corrected chi connectivity index (χ3v) is 5.05. The number of benzene rings is 2. The van der Waals surface area contributed by atoms with Gasteiger partial charge in [-0.3, -0.25) is 4.79 Å². The zero-order valence-corrected chi connectivity index (χ0v) is 15.4. The quantitative estimate of drug-likeness (QED) is 0.755. The SMILES string of the molecule is N#CB1CCN(c2ccc(C(=O)Nc3ccc(Br)c(F)c3)cc2F)CC1. The van der Waals surface area contributed by atoms with Gasteiger partial charge in [-0.1, -0.05) is 0 Å². The topological polar surface area (TPSA) is 56.1 Å². The molecule has 2 aromatic carbocycles. The highest BCUT2D eigenvalue weighted by molar-refractivity contribution is 9.10. The predicted octanol–water partition coefficient (Wildman–Crippen LogP) is 4.36. The fourth-order valence-electron chi connectivity index (χ4n) is 2.93. The van der Waals surface area contributed by atoms with Crippen molar-refractivity contribution in [3.05, 3.63) is 58.1 Å². The van der Waals surface area contributed by atoms with Crippen LogP contribution in [0.2, 0.25) is 12.6 Å². The zero-order chi connectivity index (χ0) is 18.7. The molecule has 1 aliphatic heterocycles. The second kappa shape index (κ2) is 7.87. The number of carbonyl (C=O) groups is 1. The number of halogens is 3. The first-order valence-corrected chi connectivity index (χ1v) is 8.97. The Kier molecular flexibility index (Phi) is 5.57. The monoisotopic (exact) mass is 417 g/mol. The number of carbonyl (C=O) groups excluding carboxylic acids is 1.